The van der Waals surface area contributed by atoms with E-state index in [1.54, 1.807) is 48.5 Å². The Morgan fingerprint density at radius 3 is 2.43 bits per heavy atom. The number of allylic oxidation sites excluding steroid dienone is 1. The second-order valence-electron chi connectivity index (χ2n) is 8.66. The summed E-state index contributed by atoms with van der Waals surface area (Å²) in [6.07, 6.45) is 4.57. The number of hydrogen-bond donors (Lipinski definition) is 0. The summed E-state index contributed by atoms with van der Waals surface area (Å²) in [5.74, 6) is -0.568. The van der Waals surface area contributed by atoms with Gasteiger partial charge in [-0.25, -0.2) is 13.8 Å². The van der Waals surface area contributed by atoms with Crippen LogP contribution in [-0.2, 0) is 4.79 Å². The molecule has 0 radical (unpaired) electrons. The molecular weight excluding hydrogens is 470 g/mol. The van der Waals surface area contributed by atoms with Crippen molar-refractivity contribution in [2.45, 2.75) is 25.3 Å². The van der Waals surface area contributed by atoms with Gasteiger partial charge in [0.2, 0.25) is 0 Å². The van der Waals surface area contributed by atoms with E-state index >= 15 is 0 Å². The number of halogens is 3. The van der Waals surface area contributed by atoms with Gasteiger partial charge in [-0.2, -0.15) is 5.10 Å². The molecule has 7 heteroatoms. The third-order valence-electron chi connectivity index (χ3n) is 6.37. The first kappa shape index (κ1) is 23.2. The van der Waals surface area contributed by atoms with Crippen molar-refractivity contribution < 1.29 is 18.3 Å². The van der Waals surface area contributed by atoms with Crippen LogP contribution in [0.1, 0.15) is 36.4 Å². The molecule has 35 heavy (non-hydrogen) atoms. The third kappa shape index (κ3) is 4.98. The van der Waals surface area contributed by atoms with Crippen molar-refractivity contribution in [1.29, 1.82) is 0 Å². The Kier molecular flexibility index (Phi) is 6.64. The van der Waals surface area contributed by atoms with Crippen LogP contribution in [0.3, 0.4) is 0 Å². The molecule has 2 aliphatic rings. The van der Waals surface area contributed by atoms with Gasteiger partial charge < -0.3 is 4.74 Å². The Bertz CT molecular complexity index is 1290. The maximum atomic E-state index is 13.7. The molecule has 1 aliphatic heterocycles. The molecule has 1 saturated carbocycles. The van der Waals surface area contributed by atoms with Crippen molar-refractivity contribution in [2.75, 3.05) is 6.61 Å². The summed E-state index contributed by atoms with van der Waals surface area (Å²) < 4.78 is 32.7. The molecule has 0 saturated heterocycles. The first-order valence-corrected chi connectivity index (χ1v) is 11.9. The molecule has 2 unspecified atom stereocenters. The van der Waals surface area contributed by atoms with Crippen molar-refractivity contribution in [1.82, 2.24) is 5.01 Å². The lowest BCUT2D eigenvalue weighted by molar-refractivity contribution is -0.135. The van der Waals surface area contributed by atoms with Crippen LogP contribution < -0.4 is 4.74 Å². The van der Waals surface area contributed by atoms with E-state index in [0.717, 1.165) is 41.7 Å². The van der Waals surface area contributed by atoms with Crippen LogP contribution in [-0.4, -0.2) is 23.2 Å². The van der Waals surface area contributed by atoms with Crippen molar-refractivity contribution >= 4 is 29.3 Å². The molecule has 2 atom stereocenters. The predicted molar refractivity (Wildman–Crippen MR) is 132 cm³/mol. The van der Waals surface area contributed by atoms with Crippen LogP contribution in [0.4, 0.5) is 8.78 Å². The topological polar surface area (TPSA) is 41.9 Å². The van der Waals surface area contributed by atoms with Crippen molar-refractivity contribution in [2.24, 2.45) is 11.0 Å². The van der Waals surface area contributed by atoms with Gasteiger partial charge in [0, 0.05) is 5.92 Å². The number of nitrogens with zero attached hydrogens (tertiary/aromatic N) is 2. The van der Waals surface area contributed by atoms with Gasteiger partial charge >= 0.3 is 0 Å². The van der Waals surface area contributed by atoms with Gasteiger partial charge in [0.1, 0.15) is 17.4 Å². The molecule has 1 fully saturated rings. The number of benzene rings is 3. The van der Waals surface area contributed by atoms with Gasteiger partial charge in [0.05, 0.1) is 16.8 Å². The highest BCUT2D eigenvalue weighted by atomic mass is 35.5. The number of carbonyl (C=O) groups excluding carboxylic acids is 1. The summed E-state index contributed by atoms with van der Waals surface area (Å²) in [6, 6.07) is 19.1. The summed E-state index contributed by atoms with van der Waals surface area (Å²) in [7, 11) is 0. The van der Waals surface area contributed by atoms with E-state index in [4.69, 9.17) is 21.4 Å². The van der Waals surface area contributed by atoms with Crippen LogP contribution in [0.25, 0.3) is 6.08 Å². The highest BCUT2D eigenvalue weighted by Gasteiger charge is 2.43. The second-order valence-corrected chi connectivity index (χ2v) is 9.07. The molecular formula is C28H23ClF2N2O2. The minimum Gasteiger partial charge on any atom is -0.482 e. The van der Waals surface area contributed by atoms with E-state index in [1.807, 2.05) is 6.08 Å². The molecule has 0 bridgehead atoms. The van der Waals surface area contributed by atoms with E-state index < -0.39 is 0 Å². The Labute approximate surface area is 207 Å². The minimum atomic E-state index is -0.370. The summed E-state index contributed by atoms with van der Waals surface area (Å²) >= 11 is 6.17. The molecule has 4 nitrogen and oxygen atoms in total. The standard InChI is InChI=1S/C28H23ClF2N2O2/c29-24-6-1-2-7-25(24)35-17-26(34)33-28(19-10-14-22(31)15-11-19)23-5-3-4-20(27(23)32-33)16-18-8-12-21(30)13-9-18/h1-2,6-16,23,28H,3-5,17H2/b20-16-. The number of para-hydroxylation sites is 1. The molecule has 3 aromatic carbocycles. The highest BCUT2D eigenvalue weighted by molar-refractivity contribution is 6.32. The van der Waals surface area contributed by atoms with Gasteiger partial charge in [-0.3, -0.25) is 4.79 Å². The first-order chi connectivity index (χ1) is 17.0. The lowest BCUT2D eigenvalue weighted by Gasteiger charge is -2.29. The number of hydrazone groups is 1. The Balaban J connectivity index is 1.47. The van der Waals surface area contributed by atoms with E-state index in [9.17, 15) is 13.6 Å². The van der Waals surface area contributed by atoms with E-state index in [-0.39, 0.29) is 36.1 Å². The average Bonchev–Trinajstić information content (AvgIpc) is 3.26. The van der Waals surface area contributed by atoms with Gasteiger partial charge in [-0.1, -0.05) is 48.0 Å². The molecule has 0 N–H and O–H groups in total. The average molecular weight is 493 g/mol. The van der Waals surface area contributed by atoms with Crippen LogP contribution >= 0.6 is 11.6 Å². The van der Waals surface area contributed by atoms with Gasteiger partial charge in [-0.05, 0) is 78.4 Å². The lowest BCUT2D eigenvalue weighted by Crippen LogP contribution is -2.34. The van der Waals surface area contributed by atoms with Crippen LogP contribution in [0.5, 0.6) is 5.75 Å². The van der Waals surface area contributed by atoms with E-state index in [2.05, 4.69) is 0 Å². The van der Waals surface area contributed by atoms with Crippen molar-refractivity contribution in [3.05, 3.63) is 106 Å². The monoisotopic (exact) mass is 492 g/mol. The number of rotatable bonds is 5. The van der Waals surface area contributed by atoms with Crippen molar-refractivity contribution in [3.63, 3.8) is 0 Å². The smallest absolute Gasteiger partial charge is 0.281 e. The SMILES string of the molecule is O=C(COc1ccccc1Cl)N1N=C2/C(=C\c3ccc(F)cc3)CCCC2C1c1ccc(F)cc1. The van der Waals surface area contributed by atoms with Crippen LogP contribution in [0, 0.1) is 17.6 Å². The Morgan fingerprint density at radius 2 is 1.71 bits per heavy atom. The number of hydrogen-bond acceptors (Lipinski definition) is 3. The minimum absolute atomic E-state index is 0.0369. The number of ether oxygens (including phenoxy) is 1. The number of carbonyl (C=O) groups is 1. The maximum Gasteiger partial charge on any atom is 0.281 e. The summed E-state index contributed by atoms with van der Waals surface area (Å²) in [6.45, 7) is -0.234. The zero-order chi connectivity index (χ0) is 24.4. The van der Waals surface area contributed by atoms with E-state index in [1.165, 1.54) is 29.3 Å². The molecule has 5 rings (SSSR count). The molecule has 0 aromatic heterocycles. The zero-order valence-electron chi connectivity index (χ0n) is 18.8. The Hall–Kier alpha value is -3.51. The quantitative estimate of drug-likeness (QED) is 0.392. The molecule has 178 valence electrons. The molecule has 0 spiro atoms. The third-order valence-corrected chi connectivity index (χ3v) is 6.68. The van der Waals surface area contributed by atoms with Gasteiger partial charge in [0.25, 0.3) is 5.91 Å². The molecule has 3 aromatic rings. The summed E-state index contributed by atoms with van der Waals surface area (Å²) in [5, 5.41) is 6.66. The predicted octanol–water partition coefficient (Wildman–Crippen LogP) is 6.82. The number of amides is 1. The van der Waals surface area contributed by atoms with Gasteiger partial charge in [-0.15, -0.1) is 0 Å². The summed E-state index contributed by atoms with van der Waals surface area (Å²) in [5.41, 5.74) is 3.53. The highest BCUT2D eigenvalue weighted by Crippen LogP contribution is 2.44. The normalized spacial score (nSPS) is 20.5. The largest absolute Gasteiger partial charge is 0.482 e. The van der Waals surface area contributed by atoms with Crippen LogP contribution in [0.2, 0.25) is 5.02 Å². The zero-order valence-corrected chi connectivity index (χ0v) is 19.6. The fraction of sp³-hybridized carbons (Fsp3) is 0.214. The first-order valence-electron chi connectivity index (χ1n) is 11.5. The van der Waals surface area contributed by atoms with Crippen molar-refractivity contribution in [3.8, 4) is 5.75 Å². The fourth-order valence-electron chi connectivity index (χ4n) is 4.73. The fourth-order valence-corrected chi connectivity index (χ4v) is 4.92. The maximum absolute atomic E-state index is 13.7. The van der Waals surface area contributed by atoms with Gasteiger partial charge in [0.15, 0.2) is 6.61 Å². The number of fused-ring (bicyclic) bond motifs is 1. The Morgan fingerprint density at radius 1 is 1.03 bits per heavy atom. The van der Waals surface area contributed by atoms with E-state index in [0.29, 0.717) is 10.8 Å². The molecule has 1 heterocycles. The second kappa shape index (κ2) is 10.0. The van der Waals surface area contributed by atoms with Crippen LogP contribution in [0.15, 0.2) is 83.5 Å². The molecule has 1 amide bonds. The molecule has 1 aliphatic carbocycles. The summed E-state index contributed by atoms with van der Waals surface area (Å²) in [4.78, 5) is 13.3. The lowest BCUT2D eigenvalue weighted by atomic mass is 9.77.